The van der Waals surface area contributed by atoms with Crippen molar-refractivity contribution in [3.8, 4) is 11.5 Å². The van der Waals surface area contributed by atoms with E-state index >= 15 is 0 Å². The molecular formula is C22H26N4O3S. The molecule has 0 saturated carbocycles. The van der Waals surface area contributed by atoms with Crippen LogP contribution in [0.3, 0.4) is 0 Å². The van der Waals surface area contributed by atoms with E-state index < -0.39 is 0 Å². The van der Waals surface area contributed by atoms with Crippen LogP contribution in [0.1, 0.15) is 5.56 Å². The van der Waals surface area contributed by atoms with Crippen LogP contribution >= 0.6 is 11.9 Å². The fourth-order valence-corrected chi connectivity index (χ4v) is 5.30. The molecule has 2 aromatic carbocycles. The van der Waals surface area contributed by atoms with Crippen molar-refractivity contribution in [3.05, 3.63) is 42.0 Å². The molecule has 5 rings (SSSR count). The maximum absolute atomic E-state index is 5.70. The van der Waals surface area contributed by atoms with Crippen LogP contribution in [0.5, 0.6) is 11.5 Å². The zero-order chi connectivity index (χ0) is 20.5. The number of para-hydroxylation sites is 1. The number of nitrogens with zero attached hydrogens (tertiary/aromatic N) is 2. The van der Waals surface area contributed by atoms with E-state index in [0.717, 1.165) is 71.9 Å². The smallest absolute Gasteiger partial charge is 0.191 e. The summed E-state index contributed by atoms with van der Waals surface area (Å²) in [5.41, 5.74) is 1.92. The highest BCUT2D eigenvalue weighted by atomic mass is 32.2. The van der Waals surface area contributed by atoms with E-state index in [1.54, 1.807) is 14.2 Å². The summed E-state index contributed by atoms with van der Waals surface area (Å²) in [6, 6.07) is 12.0. The zero-order valence-electron chi connectivity index (χ0n) is 17.2. The van der Waals surface area contributed by atoms with Crippen molar-refractivity contribution >= 4 is 28.7 Å². The van der Waals surface area contributed by atoms with Gasteiger partial charge >= 0.3 is 0 Å². The van der Waals surface area contributed by atoms with Crippen molar-refractivity contribution in [1.29, 1.82) is 0 Å². The predicted octanol–water partition coefficient (Wildman–Crippen LogP) is 3.62. The zero-order valence-corrected chi connectivity index (χ0v) is 18.0. The first-order chi connectivity index (χ1) is 14.7. The van der Waals surface area contributed by atoms with Gasteiger partial charge in [0.05, 0.1) is 19.1 Å². The summed E-state index contributed by atoms with van der Waals surface area (Å²) in [7, 11) is 3.36. The van der Waals surface area contributed by atoms with E-state index in [2.05, 4.69) is 32.2 Å². The van der Waals surface area contributed by atoms with Gasteiger partial charge in [-0.25, -0.2) is 0 Å². The van der Waals surface area contributed by atoms with Crippen LogP contribution in [0.15, 0.2) is 45.8 Å². The van der Waals surface area contributed by atoms with Crippen LogP contribution in [0.2, 0.25) is 0 Å². The second-order valence-electron chi connectivity index (χ2n) is 7.93. The Morgan fingerprint density at radius 3 is 2.67 bits per heavy atom. The van der Waals surface area contributed by atoms with Gasteiger partial charge in [-0.1, -0.05) is 17.3 Å². The van der Waals surface area contributed by atoms with Gasteiger partial charge in [0.25, 0.3) is 0 Å². The topological polar surface area (TPSA) is 71.8 Å². The summed E-state index contributed by atoms with van der Waals surface area (Å²) >= 11 is 1.44. The molecule has 2 N–H and O–H groups in total. The largest absolute Gasteiger partial charge is 0.496 e. The van der Waals surface area contributed by atoms with E-state index in [1.165, 1.54) is 17.5 Å². The maximum atomic E-state index is 5.70. The molecule has 0 aliphatic carbocycles. The Bertz CT molecular complexity index is 1030. The molecule has 2 fully saturated rings. The Hall–Kier alpha value is -2.42. The maximum Gasteiger partial charge on any atom is 0.191 e. The van der Waals surface area contributed by atoms with Gasteiger partial charge in [-0.2, -0.15) is 0 Å². The molecule has 0 radical (unpaired) electrons. The molecular weight excluding hydrogens is 400 g/mol. The number of likely N-dealkylation sites (tertiary alicyclic amines) is 1. The fourth-order valence-electron chi connectivity index (χ4n) is 4.56. The van der Waals surface area contributed by atoms with E-state index in [1.807, 2.05) is 24.3 Å². The Morgan fingerprint density at radius 2 is 1.90 bits per heavy atom. The van der Waals surface area contributed by atoms with Crippen molar-refractivity contribution in [2.45, 2.75) is 11.4 Å². The van der Waals surface area contributed by atoms with E-state index in [4.69, 9.17) is 14.0 Å². The number of rotatable bonds is 7. The van der Waals surface area contributed by atoms with Crippen LogP contribution in [-0.4, -0.2) is 50.5 Å². The van der Waals surface area contributed by atoms with Crippen LogP contribution in [0.4, 0.5) is 5.82 Å². The number of fused-ring (bicyclic) bond motifs is 2. The standard InChI is InChI=1S/C22H26N4O3S/c1-27-17-5-3-4-6-20(17)30-25-22-21-18(28-2)7-14(8-19(21)29-24-22)11-26-12-15-9-23-10-16(15)13-26/h3-8,15-16,23H,9-13H2,1-2H3,(H,24,25). The minimum Gasteiger partial charge on any atom is -0.496 e. The SMILES string of the molecule is COc1ccccc1SNc1noc2cc(CN3CC4CNCC4C3)cc(OC)c12. The summed E-state index contributed by atoms with van der Waals surface area (Å²) in [6.07, 6.45) is 0. The molecule has 2 aliphatic rings. The lowest BCUT2D eigenvalue weighted by atomic mass is 10.0. The summed E-state index contributed by atoms with van der Waals surface area (Å²) in [5.74, 6) is 3.79. The highest BCUT2D eigenvalue weighted by Crippen LogP contribution is 2.38. The first-order valence-corrected chi connectivity index (χ1v) is 11.0. The molecule has 0 bridgehead atoms. The molecule has 1 aromatic heterocycles. The second kappa shape index (κ2) is 8.37. The minimum atomic E-state index is 0.645. The third kappa shape index (κ3) is 3.71. The Morgan fingerprint density at radius 1 is 1.13 bits per heavy atom. The monoisotopic (exact) mass is 426 g/mol. The van der Waals surface area contributed by atoms with Gasteiger partial charge in [-0.15, -0.1) is 0 Å². The van der Waals surface area contributed by atoms with Gasteiger partial charge < -0.3 is 24.0 Å². The van der Waals surface area contributed by atoms with Gasteiger partial charge in [0.1, 0.15) is 16.9 Å². The molecule has 3 heterocycles. The molecule has 8 heteroatoms. The minimum absolute atomic E-state index is 0.645. The van der Waals surface area contributed by atoms with Crippen molar-refractivity contribution in [2.24, 2.45) is 11.8 Å². The number of hydrogen-bond acceptors (Lipinski definition) is 8. The normalized spacial score (nSPS) is 21.1. The van der Waals surface area contributed by atoms with E-state index in [-0.39, 0.29) is 0 Å². The summed E-state index contributed by atoms with van der Waals surface area (Å²) < 4.78 is 20.1. The lowest BCUT2D eigenvalue weighted by Crippen LogP contribution is -2.25. The van der Waals surface area contributed by atoms with Crippen molar-refractivity contribution in [1.82, 2.24) is 15.4 Å². The molecule has 0 amide bonds. The molecule has 7 nitrogen and oxygen atoms in total. The number of nitrogens with one attached hydrogen (secondary N) is 2. The van der Waals surface area contributed by atoms with Crippen molar-refractivity contribution in [2.75, 3.05) is 45.1 Å². The molecule has 2 saturated heterocycles. The lowest BCUT2D eigenvalue weighted by Gasteiger charge is -2.17. The molecule has 30 heavy (non-hydrogen) atoms. The van der Waals surface area contributed by atoms with Gasteiger partial charge in [0.2, 0.25) is 0 Å². The third-order valence-corrected chi connectivity index (χ3v) is 6.87. The first kappa shape index (κ1) is 19.5. The predicted molar refractivity (Wildman–Crippen MR) is 118 cm³/mol. The van der Waals surface area contributed by atoms with E-state index in [0.29, 0.717) is 5.82 Å². The average molecular weight is 427 g/mol. The number of benzene rings is 2. The average Bonchev–Trinajstić information content (AvgIpc) is 3.47. The van der Waals surface area contributed by atoms with Gasteiger partial charge in [0.15, 0.2) is 11.4 Å². The molecule has 2 atom stereocenters. The number of hydrogen-bond donors (Lipinski definition) is 2. The fraction of sp³-hybridized carbons (Fsp3) is 0.409. The Balaban J connectivity index is 1.35. The quantitative estimate of drug-likeness (QED) is 0.555. The molecule has 158 valence electrons. The van der Waals surface area contributed by atoms with Gasteiger partial charge in [0, 0.05) is 19.6 Å². The summed E-state index contributed by atoms with van der Waals surface area (Å²) in [4.78, 5) is 3.50. The lowest BCUT2D eigenvalue weighted by molar-refractivity contribution is 0.305. The summed E-state index contributed by atoms with van der Waals surface area (Å²) in [5, 5.41) is 8.60. The van der Waals surface area contributed by atoms with Crippen molar-refractivity contribution in [3.63, 3.8) is 0 Å². The third-order valence-electron chi connectivity index (χ3n) is 6.02. The van der Waals surface area contributed by atoms with Crippen LogP contribution in [-0.2, 0) is 6.54 Å². The highest BCUT2D eigenvalue weighted by Gasteiger charge is 2.35. The summed E-state index contributed by atoms with van der Waals surface area (Å²) in [6.45, 7) is 5.49. The molecule has 2 unspecified atom stereocenters. The first-order valence-electron chi connectivity index (χ1n) is 10.2. The molecule has 0 spiro atoms. The van der Waals surface area contributed by atoms with Crippen LogP contribution in [0, 0.1) is 11.8 Å². The Kier molecular flexibility index (Phi) is 5.45. The van der Waals surface area contributed by atoms with Gasteiger partial charge in [-0.3, -0.25) is 4.90 Å². The highest BCUT2D eigenvalue weighted by molar-refractivity contribution is 8.00. The number of ether oxygens (including phenoxy) is 2. The number of methoxy groups -OCH3 is 2. The molecule has 2 aliphatic heterocycles. The van der Waals surface area contributed by atoms with Gasteiger partial charge in [-0.05, 0) is 66.7 Å². The van der Waals surface area contributed by atoms with Crippen LogP contribution < -0.4 is 19.5 Å². The van der Waals surface area contributed by atoms with Crippen LogP contribution in [0.25, 0.3) is 11.0 Å². The second-order valence-corrected chi connectivity index (χ2v) is 8.78. The number of aromatic nitrogens is 1. The molecule has 3 aromatic rings. The Labute approximate surface area is 180 Å². The van der Waals surface area contributed by atoms with Crippen molar-refractivity contribution < 1.29 is 14.0 Å². The number of anilines is 1. The van der Waals surface area contributed by atoms with E-state index in [9.17, 15) is 0 Å².